The van der Waals surface area contributed by atoms with E-state index in [1.165, 1.54) is 31.3 Å². The molecule has 0 saturated carbocycles. The highest BCUT2D eigenvalue weighted by molar-refractivity contribution is 6.00. The summed E-state index contributed by atoms with van der Waals surface area (Å²) in [6.07, 6.45) is 1.94. The van der Waals surface area contributed by atoms with Crippen LogP contribution >= 0.6 is 0 Å². The number of nitrogens with zero attached hydrogens (tertiary/aromatic N) is 3. The number of hydrogen-bond acceptors (Lipinski definition) is 7. The molecule has 2 atom stereocenters. The van der Waals surface area contributed by atoms with Crippen molar-refractivity contribution in [2.45, 2.75) is 19.4 Å². The van der Waals surface area contributed by atoms with E-state index >= 15 is 0 Å². The Morgan fingerprint density at radius 2 is 2.00 bits per heavy atom. The van der Waals surface area contributed by atoms with Gasteiger partial charge in [0.1, 0.15) is 5.75 Å². The zero-order valence-electron chi connectivity index (χ0n) is 15.5. The monoisotopic (exact) mass is 384 g/mol. The Labute approximate surface area is 161 Å². The van der Waals surface area contributed by atoms with Crippen molar-refractivity contribution >= 4 is 29.4 Å². The first-order valence-corrected chi connectivity index (χ1v) is 8.70. The average Bonchev–Trinajstić information content (AvgIpc) is 3.10. The Morgan fingerprint density at radius 3 is 2.71 bits per heavy atom. The summed E-state index contributed by atoms with van der Waals surface area (Å²) in [5, 5.41) is 2.46. The van der Waals surface area contributed by atoms with Gasteiger partial charge in [0.05, 0.1) is 13.0 Å². The fourth-order valence-electron chi connectivity index (χ4n) is 2.79. The summed E-state index contributed by atoms with van der Waals surface area (Å²) >= 11 is 0. The van der Waals surface area contributed by atoms with E-state index < -0.39 is 23.9 Å². The third-order valence-corrected chi connectivity index (χ3v) is 4.29. The van der Waals surface area contributed by atoms with Gasteiger partial charge in [0.25, 0.3) is 5.91 Å². The molecule has 1 saturated heterocycles. The van der Waals surface area contributed by atoms with Crippen LogP contribution in [0.1, 0.15) is 13.3 Å². The number of ether oxygens (including phenoxy) is 2. The molecule has 3 rings (SSSR count). The molecule has 2 heterocycles. The van der Waals surface area contributed by atoms with Crippen molar-refractivity contribution in [3.63, 3.8) is 0 Å². The molecule has 28 heavy (non-hydrogen) atoms. The third-order valence-electron chi connectivity index (χ3n) is 4.29. The van der Waals surface area contributed by atoms with Gasteiger partial charge in [-0.05, 0) is 25.1 Å². The Hall–Kier alpha value is -3.49. The maximum absolute atomic E-state index is 12.4. The molecule has 1 aromatic heterocycles. The molecular formula is C19H20N4O5. The minimum atomic E-state index is -1.04. The molecule has 2 amide bonds. The van der Waals surface area contributed by atoms with Gasteiger partial charge in [-0.3, -0.25) is 19.7 Å². The SMILES string of the molecule is COc1cccc(N2CC(C(=O)OC(C)C(=O)Nc3ncccn3)CC2=O)c1. The molecule has 1 N–H and O–H groups in total. The molecule has 9 heteroatoms. The Kier molecular flexibility index (Phi) is 5.83. The molecule has 9 nitrogen and oxygen atoms in total. The predicted molar refractivity (Wildman–Crippen MR) is 99.7 cm³/mol. The first-order chi connectivity index (χ1) is 13.5. The highest BCUT2D eigenvalue weighted by Crippen LogP contribution is 2.28. The lowest BCUT2D eigenvalue weighted by molar-refractivity contribution is -0.157. The van der Waals surface area contributed by atoms with Gasteiger partial charge in [-0.15, -0.1) is 0 Å². The molecular weight excluding hydrogens is 364 g/mol. The van der Waals surface area contributed by atoms with Crippen molar-refractivity contribution in [1.29, 1.82) is 0 Å². The van der Waals surface area contributed by atoms with Gasteiger partial charge in [0, 0.05) is 37.1 Å². The molecule has 0 spiro atoms. The third kappa shape index (κ3) is 4.43. The molecule has 1 fully saturated rings. The van der Waals surface area contributed by atoms with Crippen LogP contribution in [0.25, 0.3) is 0 Å². The standard InChI is InChI=1S/C19H20N4O5/c1-12(17(25)22-19-20-7-4-8-21-19)28-18(26)13-9-16(24)23(11-13)14-5-3-6-15(10-14)27-2/h3-8,10,12-13H,9,11H2,1-2H3,(H,20,21,22,25). The number of aromatic nitrogens is 2. The number of methoxy groups -OCH3 is 1. The molecule has 2 aromatic rings. The number of amides is 2. The minimum absolute atomic E-state index is 0.0200. The van der Waals surface area contributed by atoms with Gasteiger partial charge in [0.15, 0.2) is 6.10 Å². The van der Waals surface area contributed by atoms with E-state index in [1.54, 1.807) is 30.3 Å². The number of hydrogen-bond donors (Lipinski definition) is 1. The van der Waals surface area contributed by atoms with E-state index in [0.29, 0.717) is 11.4 Å². The molecule has 1 aliphatic rings. The van der Waals surface area contributed by atoms with Crippen molar-refractivity contribution in [2.24, 2.45) is 5.92 Å². The predicted octanol–water partition coefficient (Wildman–Crippen LogP) is 1.41. The second-order valence-electron chi connectivity index (χ2n) is 6.25. The number of carbonyl (C=O) groups is 3. The van der Waals surface area contributed by atoms with E-state index in [0.717, 1.165) is 0 Å². The fourth-order valence-corrected chi connectivity index (χ4v) is 2.79. The van der Waals surface area contributed by atoms with Crippen LogP contribution in [-0.4, -0.2) is 47.5 Å². The Bertz CT molecular complexity index is 874. The summed E-state index contributed by atoms with van der Waals surface area (Å²) in [6.45, 7) is 1.63. The number of rotatable bonds is 6. The summed E-state index contributed by atoms with van der Waals surface area (Å²) in [7, 11) is 1.54. The Morgan fingerprint density at radius 1 is 1.25 bits per heavy atom. The highest BCUT2D eigenvalue weighted by atomic mass is 16.5. The van der Waals surface area contributed by atoms with E-state index in [1.807, 2.05) is 0 Å². The van der Waals surface area contributed by atoms with E-state index in [2.05, 4.69) is 15.3 Å². The molecule has 0 aliphatic carbocycles. The van der Waals surface area contributed by atoms with Crippen molar-refractivity contribution in [3.05, 3.63) is 42.7 Å². The number of benzene rings is 1. The second-order valence-corrected chi connectivity index (χ2v) is 6.25. The molecule has 1 aliphatic heterocycles. The van der Waals surface area contributed by atoms with Crippen LogP contribution in [0.4, 0.5) is 11.6 Å². The maximum atomic E-state index is 12.4. The summed E-state index contributed by atoms with van der Waals surface area (Å²) < 4.78 is 10.4. The van der Waals surface area contributed by atoms with Crippen LogP contribution in [0.2, 0.25) is 0 Å². The van der Waals surface area contributed by atoms with Gasteiger partial charge in [0.2, 0.25) is 11.9 Å². The van der Waals surface area contributed by atoms with Crippen LogP contribution in [0.3, 0.4) is 0 Å². The van der Waals surface area contributed by atoms with Crippen LogP contribution in [-0.2, 0) is 19.1 Å². The number of nitrogens with one attached hydrogen (secondary N) is 1. The lowest BCUT2D eigenvalue weighted by atomic mass is 10.1. The summed E-state index contributed by atoms with van der Waals surface area (Å²) in [4.78, 5) is 46.1. The smallest absolute Gasteiger partial charge is 0.312 e. The highest BCUT2D eigenvalue weighted by Gasteiger charge is 2.37. The zero-order valence-corrected chi connectivity index (χ0v) is 15.5. The zero-order chi connectivity index (χ0) is 20.1. The van der Waals surface area contributed by atoms with E-state index in [-0.39, 0.29) is 24.8 Å². The summed E-state index contributed by atoms with van der Waals surface area (Å²) in [6, 6.07) is 8.65. The van der Waals surface area contributed by atoms with Crippen molar-refractivity contribution in [3.8, 4) is 5.75 Å². The number of anilines is 2. The minimum Gasteiger partial charge on any atom is -0.497 e. The van der Waals surface area contributed by atoms with Crippen LogP contribution in [0, 0.1) is 5.92 Å². The average molecular weight is 384 g/mol. The van der Waals surface area contributed by atoms with Crippen molar-refractivity contribution < 1.29 is 23.9 Å². The number of esters is 1. The maximum Gasteiger partial charge on any atom is 0.312 e. The summed E-state index contributed by atoms with van der Waals surface area (Å²) in [5.74, 6) is -1.25. The van der Waals surface area contributed by atoms with E-state index in [4.69, 9.17) is 9.47 Å². The lowest BCUT2D eigenvalue weighted by Crippen LogP contribution is -2.33. The fraction of sp³-hybridized carbons (Fsp3) is 0.316. The quantitative estimate of drug-likeness (QED) is 0.750. The molecule has 146 valence electrons. The lowest BCUT2D eigenvalue weighted by Gasteiger charge is -2.18. The molecule has 0 radical (unpaired) electrons. The van der Waals surface area contributed by atoms with Gasteiger partial charge in [-0.25, -0.2) is 9.97 Å². The number of carbonyl (C=O) groups excluding carboxylic acids is 3. The van der Waals surface area contributed by atoms with E-state index in [9.17, 15) is 14.4 Å². The first-order valence-electron chi connectivity index (χ1n) is 8.70. The largest absolute Gasteiger partial charge is 0.497 e. The van der Waals surface area contributed by atoms with Crippen molar-refractivity contribution in [2.75, 3.05) is 23.9 Å². The second kappa shape index (κ2) is 8.47. The summed E-state index contributed by atoms with van der Waals surface area (Å²) in [5.41, 5.74) is 0.645. The molecule has 0 bridgehead atoms. The topological polar surface area (TPSA) is 111 Å². The molecule has 2 unspecified atom stereocenters. The Balaban J connectivity index is 1.58. The van der Waals surface area contributed by atoms with Crippen LogP contribution in [0.5, 0.6) is 5.75 Å². The van der Waals surface area contributed by atoms with Crippen LogP contribution < -0.4 is 15.0 Å². The molecule has 1 aromatic carbocycles. The normalized spacial score (nSPS) is 17.1. The first kappa shape index (κ1) is 19.3. The van der Waals surface area contributed by atoms with Crippen LogP contribution in [0.15, 0.2) is 42.7 Å². The van der Waals surface area contributed by atoms with Crippen molar-refractivity contribution in [1.82, 2.24) is 9.97 Å². The van der Waals surface area contributed by atoms with Gasteiger partial charge in [-0.1, -0.05) is 6.07 Å². The van der Waals surface area contributed by atoms with Gasteiger partial charge < -0.3 is 14.4 Å². The van der Waals surface area contributed by atoms with Gasteiger partial charge in [-0.2, -0.15) is 0 Å². The van der Waals surface area contributed by atoms with Gasteiger partial charge >= 0.3 is 5.97 Å².